The minimum Gasteiger partial charge on any atom is -0.208 e. The Morgan fingerprint density at radius 2 is 1.58 bits per heavy atom. The summed E-state index contributed by atoms with van der Waals surface area (Å²) >= 11 is 0. The second kappa shape index (κ2) is 5.84. The summed E-state index contributed by atoms with van der Waals surface area (Å²) in [4.78, 5) is 0.434. The summed E-state index contributed by atoms with van der Waals surface area (Å²) in [6, 6.07) is 5.61. The van der Waals surface area contributed by atoms with Gasteiger partial charge < -0.3 is 0 Å². The summed E-state index contributed by atoms with van der Waals surface area (Å²) < 4.78 is 28.8. The summed E-state index contributed by atoms with van der Waals surface area (Å²) in [5.41, 5.74) is 1.93. The van der Waals surface area contributed by atoms with Crippen molar-refractivity contribution >= 4 is 10.0 Å². The lowest BCUT2D eigenvalue weighted by molar-refractivity contribution is -0.0463. The highest BCUT2D eigenvalue weighted by Gasteiger charge is 2.50. The van der Waals surface area contributed by atoms with E-state index < -0.39 is 10.0 Å². The highest BCUT2D eigenvalue weighted by atomic mass is 32.2. The molecular formula is C20H29NO2S. The predicted molar refractivity (Wildman–Crippen MR) is 96.2 cm³/mol. The van der Waals surface area contributed by atoms with Gasteiger partial charge in [-0.3, -0.25) is 0 Å². The van der Waals surface area contributed by atoms with Crippen molar-refractivity contribution < 1.29 is 8.42 Å². The Labute approximate surface area is 146 Å². The van der Waals surface area contributed by atoms with Crippen LogP contribution in [0.4, 0.5) is 0 Å². The zero-order valence-electron chi connectivity index (χ0n) is 15.0. The average Bonchev–Trinajstić information content (AvgIpc) is 2.44. The average molecular weight is 348 g/mol. The molecule has 4 fully saturated rings. The van der Waals surface area contributed by atoms with Crippen molar-refractivity contribution in [2.75, 3.05) is 0 Å². The Kier molecular flexibility index (Phi) is 4.04. The van der Waals surface area contributed by atoms with E-state index in [4.69, 9.17) is 0 Å². The van der Waals surface area contributed by atoms with E-state index in [-0.39, 0.29) is 6.04 Å². The fourth-order valence-electron chi connectivity index (χ4n) is 6.27. The molecule has 24 heavy (non-hydrogen) atoms. The van der Waals surface area contributed by atoms with Crippen molar-refractivity contribution in [1.82, 2.24) is 4.72 Å². The monoisotopic (exact) mass is 347 g/mol. The van der Waals surface area contributed by atoms with Gasteiger partial charge in [-0.15, -0.1) is 0 Å². The van der Waals surface area contributed by atoms with E-state index in [0.717, 1.165) is 34.8 Å². The minimum absolute atomic E-state index is 0.0331. The molecule has 132 valence electrons. The molecule has 3 nitrogen and oxygen atoms in total. The molecule has 1 aromatic carbocycles. The first-order valence-electron chi connectivity index (χ1n) is 9.43. The van der Waals surface area contributed by atoms with Crippen LogP contribution in [-0.2, 0) is 10.0 Å². The zero-order chi connectivity index (χ0) is 17.1. The Morgan fingerprint density at radius 3 is 2.12 bits per heavy atom. The maximum absolute atomic E-state index is 12.9. The number of aryl methyl sites for hydroxylation is 2. The maximum atomic E-state index is 12.9. The summed E-state index contributed by atoms with van der Waals surface area (Å²) in [6.45, 7) is 5.97. The number of hydrogen-bond donors (Lipinski definition) is 1. The van der Waals surface area contributed by atoms with Crippen LogP contribution in [0.25, 0.3) is 0 Å². The normalized spacial score (nSPS) is 36.0. The summed E-state index contributed by atoms with van der Waals surface area (Å²) in [7, 11) is -3.44. The van der Waals surface area contributed by atoms with Crippen LogP contribution in [-0.4, -0.2) is 14.5 Å². The Hall–Kier alpha value is -0.870. The van der Waals surface area contributed by atoms with Crippen LogP contribution in [0.3, 0.4) is 0 Å². The first kappa shape index (κ1) is 16.6. The van der Waals surface area contributed by atoms with E-state index in [2.05, 4.69) is 11.6 Å². The van der Waals surface area contributed by atoms with Gasteiger partial charge in [-0.1, -0.05) is 17.7 Å². The van der Waals surface area contributed by atoms with E-state index >= 15 is 0 Å². The Balaban J connectivity index is 1.54. The first-order chi connectivity index (χ1) is 11.3. The van der Waals surface area contributed by atoms with Crippen LogP contribution in [0.5, 0.6) is 0 Å². The molecule has 5 rings (SSSR count). The SMILES string of the molecule is Cc1ccc(S(=O)(=O)NC(C)C2C3CC4CC(C3)CC2C4)c(C)c1. The molecule has 0 aromatic heterocycles. The number of rotatable bonds is 4. The molecule has 0 amide bonds. The van der Waals surface area contributed by atoms with Crippen molar-refractivity contribution in [3.63, 3.8) is 0 Å². The number of hydrogen-bond acceptors (Lipinski definition) is 2. The predicted octanol–water partition coefficient (Wildman–Crippen LogP) is 4.04. The largest absolute Gasteiger partial charge is 0.241 e. The lowest BCUT2D eigenvalue weighted by Gasteiger charge is -2.56. The molecule has 0 spiro atoms. The molecule has 0 saturated heterocycles. The quantitative estimate of drug-likeness (QED) is 0.893. The van der Waals surface area contributed by atoms with Gasteiger partial charge >= 0.3 is 0 Å². The van der Waals surface area contributed by atoms with E-state index in [1.165, 1.54) is 32.1 Å². The molecule has 1 N–H and O–H groups in total. The highest BCUT2D eigenvalue weighted by molar-refractivity contribution is 7.89. The lowest BCUT2D eigenvalue weighted by atomic mass is 9.51. The van der Waals surface area contributed by atoms with Crippen molar-refractivity contribution in [1.29, 1.82) is 0 Å². The number of nitrogens with one attached hydrogen (secondary N) is 1. The molecule has 4 heteroatoms. The molecule has 1 atom stereocenters. The van der Waals surface area contributed by atoms with Gasteiger partial charge in [0, 0.05) is 6.04 Å². The van der Waals surface area contributed by atoms with E-state index in [1.54, 1.807) is 6.07 Å². The molecule has 0 heterocycles. The van der Waals surface area contributed by atoms with Crippen molar-refractivity contribution in [2.45, 2.75) is 63.8 Å². The molecule has 1 aromatic rings. The van der Waals surface area contributed by atoms with Crippen molar-refractivity contribution in [3.05, 3.63) is 29.3 Å². The van der Waals surface area contributed by atoms with Gasteiger partial charge in [-0.2, -0.15) is 0 Å². The summed E-state index contributed by atoms with van der Waals surface area (Å²) in [5.74, 6) is 3.84. The van der Waals surface area contributed by atoms with E-state index in [9.17, 15) is 8.42 Å². The second-order valence-corrected chi connectivity index (χ2v) is 10.4. The Morgan fingerprint density at radius 1 is 1.00 bits per heavy atom. The van der Waals surface area contributed by atoms with Gasteiger partial charge in [0.15, 0.2) is 0 Å². The first-order valence-corrected chi connectivity index (χ1v) is 10.9. The van der Waals surface area contributed by atoms with Crippen molar-refractivity contribution in [2.24, 2.45) is 29.6 Å². The van der Waals surface area contributed by atoms with Gasteiger partial charge in [-0.05, 0) is 94.1 Å². The van der Waals surface area contributed by atoms with Crippen LogP contribution in [0.15, 0.2) is 23.1 Å². The van der Waals surface area contributed by atoms with Crippen LogP contribution >= 0.6 is 0 Å². The second-order valence-electron chi connectivity index (χ2n) is 8.69. The molecule has 4 aliphatic rings. The van der Waals surface area contributed by atoms with Gasteiger partial charge in [0.2, 0.25) is 10.0 Å². The van der Waals surface area contributed by atoms with Gasteiger partial charge in [-0.25, -0.2) is 13.1 Å². The molecule has 4 saturated carbocycles. The molecule has 4 aliphatic carbocycles. The standard InChI is InChI=1S/C20H29NO2S/c1-12-4-5-19(13(2)6-12)24(22,23)21-14(3)20-17-8-15-7-16(10-17)11-18(20)9-15/h4-6,14-18,20-21H,7-11H2,1-3H3. The summed E-state index contributed by atoms with van der Waals surface area (Å²) in [5, 5.41) is 0. The topological polar surface area (TPSA) is 46.2 Å². The zero-order valence-corrected chi connectivity index (χ0v) is 15.8. The third-order valence-corrected chi connectivity index (χ3v) is 8.56. The fraction of sp³-hybridized carbons (Fsp3) is 0.700. The van der Waals surface area contributed by atoms with Crippen molar-refractivity contribution in [3.8, 4) is 0 Å². The van der Waals surface area contributed by atoms with Crippen LogP contribution in [0.1, 0.15) is 50.2 Å². The molecule has 0 radical (unpaired) electrons. The molecule has 4 bridgehead atoms. The third kappa shape index (κ3) is 2.82. The molecular weight excluding hydrogens is 318 g/mol. The van der Waals surface area contributed by atoms with Crippen LogP contribution in [0, 0.1) is 43.4 Å². The Bertz CT molecular complexity index is 712. The van der Waals surface area contributed by atoms with Gasteiger partial charge in [0.25, 0.3) is 0 Å². The smallest absolute Gasteiger partial charge is 0.208 e. The molecule has 0 aliphatic heterocycles. The lowest BCUT2D eigenvalue weighted by Crippen LogP contribution is -2.53. The minimum atomic E-state index is -3.44. The van der Waals surface area contributed by atoms with Gasteiger partial charge in [0.1, 0.15) is 0 Å². The highest BCUT2D eigenvalue weighted by Crippen LogP contribution is 2.57. The third-order valence-electron chi connectivity index (χ3n) is 6.84. The van der Waals surface area contributed by atoms with Crippen LogP contribution in [0.2, 0.25) is 0 Å². The van der Waals surface area contributed by atoms with Gasteiger partial charge in [0.05, 0.1) is 4.90 Å². The number of sulfonamides is 1. The van der Waals surface area contributed by atoms with Crippen LogP contribution < -0.4 is 4.72 Å². The molecule has 1 unspecified atom stereocenters. The maximum Gasteiger partial charge on any atom is 0.241 e. The summed E-state index contributed by atoms with van der Waals surface area (Å²) in [6.07, 6.45) is 6.74. The number of benzene rings is 1. The fourth-order valence-corrected chi connectivity index (χ4v) is 7.77. The van der Waals surface area contributed by atoms with E-state index in [1.807, 2.05) is 26.0 Å². The van der Waals surface area contributed by atoms with E-state index in [0.29, 0.717) is 10.8 Å².